The van der Waals surface area contributed by atoms with Gasteiger partial charge in [0.05, 0.1) is 17.8 Å². The van der Waals surface area contributed by atoms with Crippen molar-refractivity contribution in [3.05, 3.63) is 17.5 Å². The predicted molar refractivity (Wildman–Crippen MR) is 46.6 cm³/mol. The summed E-state index contributed by atoms with van der Waals surface area (Å²) in [6.07, 6.45) is 3.39. The van der Waals surface area contributed by atoms with Crippen LogP contribution in [-0.2, 0) is 4.79 Å². The predicted octanol–water partition coefficient (Wildman–Crippen LogP) is 1.48. The molecule has 0 amide bonds. The van der Waals surface area contributed by atoms with Gasteiger partial charge in [0.1, 0.15) is 0 Å². The molecule has 0 radical (unpaired) electrons. The number of nitrogens with zero attached hydrogens (tertiary/aromatic N) is 1. The van der Waals surface area contributed by atoms with Crippen molar-refractivity contribution in [2.24, 2.45) is 0 Å². The summed E-state index contributed by atoms with van der Waals surface area (Å²) in [6, 6.07) is 0. The highest BCUT2D eigenvalue weighted by Crippen LogP contribution is 2.36. The van der Waals surface area contributed by atoms with Crippen LogP contribution in [0.15, 0.2) is 6.20 Å². The first-order chi connectivity index (χ1) is 6.20. The lowest BCUT2D eigenvalue weighted by molar-refractivity contribution is -0.139. The van der Waals surface area contributed by atoms with Gasteiger partial charge < -0.3 is 5.11 Å². The molecule has 13 heavy (non-hydrogen) atoms. The van der Waals surface area contributed by atoms with Crippen LogP contribution in [0, 0.1) is 0 Å². The molecule has 1 aliphatic rings. The Bertz CT molecular complexity index is 332. The van der Waals surface area contributed by atoms with Crippen LogP contribution in [0.3, 0.4) is 0 Å². The van der Waals surface area contributed by atoms with E-state index in [0.717, 1.165) is 17.7 Å². The van der Waals surface area contributed by atoms with Crippen LogP contribution in [0.2, 0.25) is 0 Å². The van der Waals surface area contributed by atoms with Crippen LogP contribution >= 0.6 is 0 Å². The van der Waals surface area contributed by atoms with E-state index in [9.17, 15) is 4.79 Å². The Kier molecular flexibility index (Phi) is 1.83. The van der Waals surface area contributed by atoms with Gasteiger partial charge in [0, 0.05) is 0 Å². The maximum absolute atomic E-state index is 10.9. The average Bonchev–Trinajstić information content (AvgIpc) is 2.53. The van der Waals surface area contributed by atoms with Gasteiger partial charge in [0.15, 0.2) is 0 Å². The maximum Gasteiger partial charge on any atom is 0.312 e. The highest BCUT2D eigenvalue weighted by atomic mass is 16.4. The first-order valence-electron chi connectivity index (χ1n) is 4.46. The summed E-state index contributed by atoms with van der Waals surface area (Å²) in [5.41, 5.74) is 1.87. The number of carboxylic acids is 1. The van der Waals surface area contributed by atoms with E-state index in [2.05, 4.69) is 17.1 Å². The van der Waals surface area contributed by atoms with Gasteiger partial charge in [-0.1, -0.05) is 6.92 Å². The standard InChI is InChI=1S/C9H12N2O2/c1-5-2-3-6(9(12)13)8-7(5)4-10-11-8/h4-6H,2-3H2,1H3,(H,10,11)(H,12,13). The monoisotopic (exact) mass is 180 g/mol. The molecule has 0 bridgehead atoms. The van der Waals surface area contributed by atoms with Gasteiger partial charge in [0.25, 0.3) is 0 Å². The molecule has 1 aromatic heterocycles. The Morgan fingerprint density at radius 1 is 1.69 bits per heavy atom. The van der Waals surface area contributed by atoms with Crippen LogP contribution < -0.4 is 0 Å². The molecule has 0 fully saturated rings. The summed E-state index contributed by atoms with van der Waals surface area (Å²) < 4.78 is 0. The van der Waals surface area contributed by atoms with Crippen molar-refractivity contribution in [2.75, 3.05) is 0 Å². The highest BCUT2D eigenvalue weighted by molar-refractivity contribution is 5.76. The topological polar surface area (TPSA) is 66.0 Å². The molecule has 2 unspecified atom stereocenters. The van der Waals surface area contributed by atoms with Crippen molar-refractivity contribution in [2.45, 2.75) is 31.6 Å². The molecule has 4 nitrogen and oxygen atoms in total. The summed E-state index contributed by atoms with van der Waals surface area (Å²) >= 11 is 0. The number of carboxylic acid groups (broad SMARTS) is 1. The summed E-state index contributed by atoms with van der Waals surface area (Å²) in [6.45, 7) is 2.10. The van der Waals surface area contributed by atoms with Crippen LogP contribution in [0.25, 0.3) is 0 Å². The molecule has 4 heteroatoms. The fourth-order valence-electron chi connectivity index (χ4n) is 1.94. The van der Waals surface area contributed by atoms with E-state index >= 15 is 0 Å². The van der Waals surface area contributed by atoms with Crippen LogP contribution in [0.1, 0.15) is 42.9 Å². The van der Waals surface area contributed by atoms with Crippen molar-refractivity contribution < 1.29 is 9.90 Å². The number of H-pyrrole nitrogens is 1. The van der Waals surface area contributed by atoms with E-state index in [-0.39, 0.29) is 5.92 Å². The van der Waals surface area contributed by atoms with Crippen molar-refractivity contribution in [3.63, 3.8) is 0 Å². The Labute approximate surface area is 76.0 Å². The molecule has 2 N–H and O–H groups in total. The second-order valence-corrected chi connectivity index (χ2v) is 3.61. The lowest BCUT2D eigenvalue weighted by Gasteiger charge is -2.22. The van der Waals surface area contributed by atoms with Crippen molar-refractivity contribution in [1.29, 1.82) is 0 Å². The number of carbonyl (C=O) groups is 1. The lowest BCUT2D eigenvalue weighted by Crippen LogP contribution is -2.19. The fraction of sp³-hybridized carbons (Fsp3) is 0.556. The second kappa shape index (κ2) is 2.87. The minimum absolute atomic E-state index is 0.381. The van der Waals surface area contributed by atoms with Crippen molar-refractivity contribution >= 4 is 5.97 Å². The summed E-state index contributed by atoms with van der Waals surface area (Å²) in [5, 5.41) is 15.6. The van der Waals surface area contributed by atoms with Gasteiger partial charge in [-0.2, -0.15) is 5.10 Å². The number of aliphatic carboxylic acids is 1. The molecule has 2 rings (SSSR count). The van der Waals surface area contributed by atoms with E-state index < -0.39 is 5.97 Å². The first kappa shape index (κ1) is 8.29. The Morgan fingerprint density at radius 2 is 2.46 bits per heavy atom. The van der Waals surface area contributed by atoms with E-state index in [0.29, 0.717) is 12.3 Å². The van der Waals surface area contributed by atoms with E-state index in [4.69, 9.17) is 5.11 Å². The Balaban J connectivity index is 2.40. The number of hydrogen-bond acceptors (Lipinski definition) is 2. The quantitative estimate of drug-likeness (QED) is 0.687. The zero-order valence-electron chi connectivity index (χ0n) is 7.45. The highest BCUT2D eigenvalue weighted by Gasteiger charge is 2.31. The van der Waals surface area contributed by atoms with Crippen LogP contribution in [-0.4, -0.2) is 21.3 Å². The minimum Gasteiger partial charge on any atom is -0.481 e. The van der Waals surface area contributed by atoms with E-state index in [1.165, 1.54) is 0 Å². The summed E-state index contributed by atoms with van der Waals surface area (Å²) in [7, 11) is 0. The number of nitrogens with one attached hydrogen (secondary N) is 1. The molecule has 0 saturated carbocycles. The first-order valence-corrected chi connectivity index (χ1v) is 4.46. The van der Waals surface area contributed by atoms with Gasteiger partial charge in [-0.25, -0.2) is 0 Å². The van der Waals surface area contributed by atoms with Gasteiger partial charge in [-0.15, -0.1) is 0 Å². The van der Waals surface area contributed by atoms with Gasteiger partial charge in [0.2, 0.25) is 0 Å². The molecule has 70 valence electrons. The average molecular weight is 180 g/mol. The molecule has 0 aromatic carbocycles. The number of fused-ring (bicyclic) bond motifs is 1. The number of rotatable bonds is 1. The summed E-state index contributed by atoms with van der Waals surface area (Å²) in [4.78, 5) is 10.9. The normalized spacial score (nSPS) is 26.8. The minimum atomic E-state index is -0.752. The van der Waals surface area contributed by atoms with E-state index in [1.807, 2.05) is 0 Å². The van der Waals surface area contributed by atoms with Crippen LogP contribution in [0.5, 0.6) is 0 Å². The van der Waals surface area contributed by atoms with Gasteiger partial charge in [-0.3, -0.25) is 9.89 Å². The molecule has 1 aliphatic carbocycles. The molecule has 1 aromatic rings. The van der Waals surface area contributed by atoms with Crippen molar-refractivity contribution in [3.8, 4) is 0 Å². The zero-order chi connectivity index (χ0) is 9.42. The number of aromatic nitrogens is 2. The molecule has 2 atom stereocenters. The third-order valence-corrected chi connectivity index (χ3v) is 2.77. The fourth-order valence-corrected chi connectivity index (χ4v) is 1.94. The third kappa shape index (κ3) is 1.22. The Hall–Kier alpha value is -1.32. The molecule has 0 spiro atoms. The third-order valence-electron chi connectivity index (χ3n) is 2.77. The molecular formula is C9H12N2O2. The zero-order valence-corrected chi connectivity index (χ0v) is 7.45. The summed E-state index contributed by atoms with van der Waals surface area (Å²) in [5.74, 6) is -0.699. The Morgan fingerprint density at radius 3 is 3.15 bits per heavy atom. The van der Waals surface area contributed by atoms with Gasteiger partial charge >= 0.3 is 5.97 Å². The largest absolute Gasteiger partial charge is 0.481 e. The number of hydrogen-bond donors (Lipinski definition) is 2. The van der Waals surface area contributed by atoms with Gasteiger partial charge in [-0.05, 0) is 24.3 Å². The molecule has 0 saturated heterocycles. The smallest absolute Gasteiger partial charge is 0.312 e. The second-order valence-electron chi connectivity index (χ2n) is 3.61. The molecular weight excluding hydrogens is 168 g/mol. The molecule has 0 aliphatic heterocycles. The van der Waals surface area contributed by atoms with Crippen molar-refractivity contribution in [1.82, 2.24) is 10.2 Å². The van der Waals surface area contributed by atoms with Crippen LogP contribution in [0.4, 0.5) is 0 Å². The molecule has 1 heterocycles. The lowest BCUT2D eigenvalue weighted by atomic mass is 9.82. The SMILES string of the molecule is CC1CCC(C(=O)O)c2[nH]ncc21. The maximum atomic E-state index is 10.9. The number of aromatic amines is 1. The van der Waals surface area contributed by atoms with E-state index in [1.54, 1.807) is 6.20 Å².